The Morgan fingerprint density at radius 1 is 1.25 bits per heavy atom. The summed E-state index contributed by atoms with van der Waals surface area (Å²) >= 11 is 6.24. The molecule has 1 aliphatic heterocycles. The summed E-state index contributed by atoms with van der Waals surface area (Å²) in [5.74, 6) is -0.207. The largest absolute Gasteiger partial charge is 0.332 e. The van der Waals surface area contributed by atoms with Crippen LogP contribution in [0.3, 0.4) is 0 Å². The molecule has 1 amide bonds. The molecule has 1 aromatic rings. The van der Waals surface area contributed by atoms with Crippen molar-refractivity contribution in [1.29, 1.82) is 0 Å². The number of amides is 1. The molecule has 2 fully saturated rings. The highest BCUT2D eigenvalue weighted by Crippen LogP contribution is 2.40. The Balaban J connectivity index is 1.89. The van der Waals surface area contributed by atoms with Crippen molar-refractivity contribution in [1.82, 2.24) is 4.90 Å². The minimum Gasteiger partial charge on any atom is -0.332 e. The van der Waals surface area contributed by atoms with E-state index in [0.29, 0.717) is 6.42 Å². The van der Waals surface area contributed by atoms with Crippen molar-refractivity contribution >= 4 is 23.3 Å². The van der Waals surface area contributed by atoms with Crippen molar-refractivity contribution < 1.29 is 9.59 Å². The van der Waals surface area contributed by atoms with Gasteiger partial charge in [-0.1, -0.05) is 30.3 Å². The molecule has 1 aromatic carbocycles. The summed E-state index contributed by atoms with van der Waals surface area (Å²) in [4.78, 5) is 26.3. The molecule has 2 bridgehead atoms. The van der Waals surface area contributed by atoms with Gasteiger partial charge in [0.25, 0.3) is 0 Å². The molecule has 0 unspecified atom stereocenters. The quantitative estimate of drug-likeness (QED) is 0.786. The van der Waals surface area contributed by atoms with Gasteiger partial charge in [0.1, 0.15) is 11.2 Å². The van der Waals surface area contributed by atoms with Gasteiger partial charge in [-0.25, -0.2) is 0 Å². The SMILES string of the molecule is C[C@@H](c1ccccc1)N1C(=O)[C@H](Cl)[C@H]2C[C@@H]1CCC2=O. The standard InChI is InChI=1S/C16H18ClNO2/c1-10(11-5-3-2-4-6-11)18-12-7-8-14(19)13(9-12)15(17)16(18)20/h2-6,10,12-13,15H,7-9H2,1H3/t10-,12-,13-,15+/m0/s1. The summed E-state index contributed by atoms with van der Waals surface area (Å²) < 4.78 is 0. The maximum atomic E-state index is 12.5. The molecule has 0 aromatic heterocycles. The third-order valence-electron chi connectivity index (χ3n) is 4.60. The summed E-state index contributed by atoms with van der Waals surface area (Å²) in [5.41, 5.74) is 1.11. The number of halogens is 1. The molecule has 3 rings (SSSR count). The summed E-state index contributed by atoms with van der Waals surface area (Å²) in [5, 5.41) is -0.690. The average Bonchev–Trinajstić information content (AvgIpc) is 2.48. The predicted octanol–water partition coefficient (Wildman–Crippen LogP) is 2.94. The molecule has 1 saturated heterocycles. The van der Waals surface area contributed by atoms with Crippen LogP contribution in [0, 0.1) is 5.92 Å². The molecular formula is C16H18ClNO2. The molecule has 0 spiro atoms. The molecule has 1 saturated carbocycles. The Bertz CT molecular complexity index is 531. The second-order valence-electron chi connectivity index (χ2n) is 5.73. The predicted molar refractivity (Wildman–Crippen MR) is 77.5 cm³/mol. The van der Waals surface area contributed by atoms with Gasteiger partial charge < -0.3 is 4.90 Å². The number of benzene rings is 1. The summed E-state index contributed by atoms with van der Waals surface area (Å²) in [6.45, 7) is 2.04. The van der Waals surface area contributed by atoms with Gasteiger partial charge in [-0.2, -0.15) is 0 Å². The lowest BCUT2D eigenvalue weighted by atomic mass is 9.77. The van der Waals surface area contributed by atoms with Crippen LogP contribution in [0.1, 0.15) is 37.8 Å². The van der Waals surface area contributed by atoms with Crippen LogP contribution in [-0.4, -0.2) is 28.0 Å². The Labute approximate surface area is 123 Å². The van der Waals surface area contributed by atoms with Crippen molar-refractivity contribution in [3.63, 3.8) is 0 Å². The first kappa shape index (κ1) is 13.6. The first-order valence-electron chi connectivity index (χ1n) is 7.13. The molecule has 2 aliphatic rings. The van der Waals surface area contributed by atoms with Gasteiger partial charge in [0.05, 0.1) is 6.04 Å². The third-order valence-corrected chi connectivity index (χ3v) is 5.09. The van der Waals surface area contributed by atoms with Gasteiger partial charge in [0.2, 0.25) is 5.91 Å². The lowest BCUT2D eigenvalue weighted by molar-refractivity contribution is -0.148. The number of alkyl halides is 1. The number of likely N-dealkylation sites (tertiary alicyclic amines) is 1. The zero-order chi connectivity index (χ0) is 14.3. The number of Topliss-reactive ketones (excluding diaryl/α,β-unsaturated/α-hetero) is 1. The number of hydrogen-bond donors (Lipinski definition) is 0. The van der Waals surface area contributed by atoms with Crippen LogP contribution < -0.4 is 0 Å². The highest BCUT2D eigenvalue weighted by molar-refractivity contribution is 6.32. The number of carbonyl (C=O) groups excluding carboxylic acids is 2. The van der Waals surface area contributed by atoms with Crippen LogP contribution >= 0.6 is 11.6 Å². The van der Waals surface area contributed by atoms with E-state index >= 15 is 0 Å². The second-order valence-corrected chi connectivity index (χ2v) is 6.21. The Morgan fingerprint density at radius 2 is 1.95 bits per heavy atom. The minimum absolute atomic E-state index is 0.00380. The highest BCUT2D eigenvalue weighted by atomic mass is 35.5. The van der Waals surface area contributed by atoms with Gasteiger partial charge in [-0.05, 0) is 25.3 Å². The number of fused-ring (bicyclic) bond motifs is 2. The maximum absolute atomic E-state index is 12.5. The number of piperidine rings is 1. The number of nitrogens with zero attached hydrogens (tertiary/aromatic N) is 1. The Kier molecular flexibility index (Phi) is 3.55. The maximum Gasteiger partial charge on any atom is 0.242 e. The smallest absolute Gasteiger partial charge is 0.242 e. The van der Waals surface area contributed by atoms with E-state index in [-0.39, 0.29) is 29.7 Å². The minimum atomic E-state index is -0.690. The van der Waals surface area contributed by atoms with E-state index in [1.807, 2.05) is 42.2 Å². The lowest BCUT2D eigenvalue weighted by Crippen LogP contribution is -2.57. The van der Waals surface area contributed by atoms with Crippen LogP contribution in [-0.2, 0) is 9.59 Å². The highest BCUT2D eigenvalue weighted by Gasteiger charge is 2.48. The molecule has 4 atom stereocenters. The van der Waals surface area contributed by atoms with Crippen LogP contribution in [0.5, 0.6) is 0 Å². The van der Waals surface area contributed by atoms with Crippen LogP contribution in [0.15, 0.2) is 30.3 Å². The van der Waals surface area contributed by atoms with E-state index in [4.69, 9.17) is 11.6 Å². The van der Waals surface area contributed by atoms with Gasteiger partial charge in [-0.3, -0.25) is 9.59 Å². The van der Waals surface area contributed by atoms with Gasteiger partial charge in [-0.15, -0.1) is 11.6 Å². The first-order chi connectivity index (χ1) is 9.59. The van der Waals surface area contributed by atoms with Crippen molar-refractivity contribution in [3.8, 4) is 0 Å². The van der Waals surface area contributed by atoms with Gasteiger partial charge >= 0.3 is 0 Å². The topological polar surface area (TPSA) is 37.4 Å². The number of rotatable bonds is 2. The Morgan fingerprint density at radius 3 is 2.65 bits per heavy atom. The monoisotopic (exact) mass is 291 g/mol. The van der Waals surface area contributed by atoms with Gasteiger partial charge in [0.15, 0.2) is 0 Å². The number of carbonyl (C=O) groups is 2. The molecule has 106 valence electrons. The summed E-state index contributed by atoms with van der Waals surface area (Å²) in [7, 11) is 0. The van der Waals surface area contributed by atoms with E-state index in [0.717, 1.165) is 18.4 Å². The fourth-order valence-electron chi connectivity index (χ4n) is 3.47. The first-order valence-corrected chi connectivity index (χ1v) is 7.57. The molecule has 0 N–H and O–H groups in total. The molecule has 0 radical (unpaired) electrons. The fourth-order valence-corrected chi connectivity index (χ4v) is 3.82. The van der Waals surface area contributed by atoms with Crippen LogP contribution in [0.4, 0.5) is 0 Å². The second kappa shape index (κ2) is 5.21. The molecule has 3 nitrogen and oxygen atoms in total. The normalized spacial score (nSPS) is 31.3. The molecule has 20 heavy (non-hydrogen) atoms. The lowest BCUT2D eigenvalue weighted by Gasteiger charge is -2.47. The van der Waals surface area contributed by atoms with Gasteiger partial charge in [0, 0.05) is 18.4 Å². The van der Waals surface area contributed by atoms with E-state index < -0.39 is 5.38 Å². The molecule has 4 heteroatoms. The third kappa shape index (κ3) is 2.14. The number of hydrogen-bond acceptors (Lipinski definition) is 2. The van der Waals surface area contributed by atoms with E-state index in [9.17, 15) is 9.59 Å². The zero-order valence-corrected chi connectivity index (χ0v) is 12.2. The van der Waals surface area contributed by atoms with Crippen LogP contribution in [0.2, 0.25) is 0 Å². The average molecular weight is 292 g/mol. The fraction of sp³-hybridized carbons (Fsp3) is 0.500. The van der Waals surface area contributed by atoms with E-state index in [1.54, 1.807) is 0 Å². The Hall–Kier alpha value is -1.35. The van der Waals surface area contributed by atoms with Crippen LogP contribution in [0.25, 0.3) is 0 Å². The molecule has 1 aliphatic carbocycles. The van der Waals surface area contributed by atoms with E-state index in [2.05, 4.69) is 0 Å². The van der Waals surface area contributed by atoms with Crippen molar-refractivity contribution in [2.24, 2.45) is 5.92 Å². The number of ketones is 1. The molecule has 1 heterocycles. The summed E-state index contributed by atoms with van der Waals surface area (Å²) in [6, 6.07) is 10.1. The molecular weight excluding hydrogens is 274 g/mol. The summed E-state index contributed by atoms with van der Waals surface area (Å²) in [6.07, 6.45) is 2.03. The van der Waals surface area contributed by atoms with E-state index in [1.165, 1.54) is 0 Å². The van der Waals surface area contributed by atoms with Crippen molar-refractivity contribution in [2.45, 2.75) is 43.6 Å². The van der Waals surface area contributed by atoms with Crippen molar-refractivity contribution in [3.05, 3.63) is 35.9 Å². The van der Waals surface area contributed by atoms with Crippen molar-refractivity contribution in [2.75, 3.05) is 0 Å². The zero-order valence-electron chi connectivity index (χ0n) is 11.5.